The normalized spacial score (nSPS) is 44.8. The first kappa shape index (κ1) is 9.36. The summed E-state index contributed by atoms with van der Waals surface area (Å²) in [6.07, 6.45) is 0. The summed E-state index contributed by atoms with van der Waals surface area (Å²) >= 11 is 0. The van der Waals surface area contributed by atoms with Crippen LogP contribution in [-0.4, -0.2) is 72.9 Å². The van der Waals surface area contributed by atoms with Crippen molar-refractivity contribution in [2.75, 3.05) is 53.5 Å². The van der Waals surface area contributed by atoms with Crippen molar-refractivity contribution in [1.29, 1.82) is 0 Å². The third kappa shape index (κ3) is 2.00. The Balaban J connectivity index is 2.00. The second-order valence-electron chi connectivity index (χ2n) is 4.40. The fourth-order valence-electron chi connectivity index (χ4n) is 2.33. The Hall–Kier alpha value is -0.200. The minimum absolute atomic E-state index is 0.283. The van der Waals surface area contributed by atoms with E-state index in [4.69, 9.17) is 5.11 Å². The van der Waals surface area contributed by atoms with Gasteiger partial charge in [0.05, 0.1) is 33.7 Å². The zero-order chi connectivity index (χ0) is 9.31. The predicted octanol–water partition coefficient (Wildman–Crippen LogP) is -1.57. The van der Waals surface area contributed by atoms with Crippen molar-refractivity contribution in [3.05, 3.63) is 0 Å². The number of aliphatic hydroxyl groups is 1. The van der Waals surface area contributed by atoms with Crippen LogP contribution in [0.3, 0.4) is 0 Å². The van der Waals surface area contributed by atoms with Crippen LogP contribution in [0, 0.1) is 0 Å². The molecule has 0 aromatic carbocycles. The lowest BCUT2D eigenvalue weighted by atomic mass is 10.4. The van der Waals surface area contributed by atoms with Crippen molar-refractivity contribution in [2.24, 2.45) is 0 Å². The van der Waals surface area contributed by atoms with Gasteiger partial charge in [-0.15, -0.1) is 0 Å². The Bertz CT molecular complexity index is 175. The van der Waals surface area contributed by atoms with Crippen LogP contribution in [0.1, 0.15) is 0 Å². The third-order valence-electron chi connectivity index (χ3n) is 2.79. The van der Waals surface area contributed by atoms with Gasteiger partial charge in [0, 0.05) is 0 Å². The van der Waals surface area contributed by atoms with E-state index in [0.29, 0.717) is 0 Å². The van der Waals surface area contributed by atoms with Gasteiger partial charge in [-0.25, -0.2) is 9.80 Å². The van der Waals surface area contributed by atoms with Crippen LogP contribution in [0.25, 0.3) is 0 Å². The van der Waals surface area contributed by atoms with E-state index in [1.54, 1.807) is 0 Å². The summed E-state index contributed by atoms with van der Waals surface area (Å²) in [5, 5.41) is 12.3. The molecule has 0 saturated carbocycles. The van der Waals surface area contributed by atoms with E-state index in [1.807, 2.05) is 0 Å². The molecule has 0 radical (unpaired) electrons. The molecule has 5 nitrogen and oxygen atoms in total. The van der Waals surface area contributed by atoms with Gasteiger partial charge in [-0.2, -0.15) is 0 Å². The molecule has 2 bridgehead atoms. The summed E-state index contributed by atoms with van der Waals surface area (Å²) in [7, 11) is 2.21. The number of nitrogens with one attached hydrogen (secondary N) is 1. The molecule has 13 heavy (non-hydrogen) atoms. The van der Waals surface area contributed by atoms with Crippen LogP contribution in [0.5, 0.6) is 0 Å². The van der Waals surface area contributed by atoms with Crippen molar-refractivity contribution in [1.82, 2.24) is 15.1 Å². The van der Waals surface area contributed by atoms with E-state index < -0.39 is 0 Å². The lowest BCUT2D eigenvalue weighted by Gasteiger charge is -2.50. The maximum atomic E-state index is 8.98. The van der Waals surface area contributed by atoms with Gasteiger partial charge >= 0.3 is 0 Å². The molecule has 2 fully saturated rings. The monoisotopic (exact) mass is 187 g/mol. The number of fused-ring (bicyclic) bond motifs is 2. The average molecular weight is 187 g/mol. The molecule has 2 heterocycles. The quantitative estimate of drug-likeness (QED) is 0.513. The van der Waals surface area contributed by atoms with Crippen LogP contribution >= 0.6 is 0 Å². The van der Waals surface area contributed by atoms with Gasteiger partial charge < -0.3 is 5.11 Å². The topological polar surface area (TPSA) is 38.7 Å². The van der Waals surface area contributed by atoms with E-state index in [-0.39, 0.29) is 6.61 Å². The summed E-state index contributed by atoms with van der Waals surface area (Å²) in [5.74, 6) is 0. The molecular formula is C8H19N4O+. The summed E-state index contributed by atoms with van der Waals surface area (Å²) in [6.45, 7) is 6.27. The second kappa shape index (κ2) is 3.51. The van der Waals surface area contributed by atoms with Gasteiger partial charge in [0.15, 0.2) is 0 Å². The van der Waals surface area contributed by atoms with Crippen LogP contribution in [0.15, 0.2) is 0 Å². The molecule has 76 valence electrons. The number of quaternary nitrogens is 1. The Labute approximate surface area is 79.1 Å². The molecule has 2 N–H and O–H groups in total. The largest absolute Gasteiger partial charge is 0.391 e. The van der Waals surface area contributed by atoms with E-state index in [0.717, 1.165) is 44.4 Å². The Morgan fingerprint density at radius 2 is 1.92 bits per heavy atom. The summed E-state index contributed by atoms with van der Waals surface area (Å²) in [4.78, 5) is 4.76. The molecule has 0 aromatic heterocycles. The minimum Gasteiger partial charge on any atom is -0.391 e. The van der Waals surface area contributed by atoms with Gasteiger partial charge in [0.25, 0.3) is 0 Å². The molecule has 5 heteroatoms. The zero-order valence-corrected chi connectivity index (χ0v) is 8.24. The average Bonchev–Trinajstić information content (AvgIpc) is 2.02. The highest BCUT2D eigenvalue weighted by molar-refractivity contribution is 4.65. The maximum absolute atomic E-state index is 8.98. The molecule has 0 spiro atoms. The fraction of sp³-hybridized carbons (Fsp3) is 1.00. The standard InChI is InChI=1S/C8H19N4O/c1-12(2-3-13)7-10-4-9-5-11(6-10)8-12/h9,13H,2-8H2,1H3/q+1. The number of likely N-dealkylation sites (N-methyl/N-ethyl adjacent to an activating group) is 1. The molecule has 0 aromatic rings. The molecule has 2 aliphatic rings. The summed E-state index contributed by atoms with van der Waals surface area (Å²) in [5.41, 5.74) is 0. The van der Waals surface area contributed by atoms with Crippen LogP contribution in [-0.2, 0) is 0 Å². The molecule has 0 amide bonds. The van der Waals surface area contributed by atoms with Gasteiger partial charge in [-0.3, -0.25) is 9.80 Å². The van der Waals surface area contributed by atoms with E-state index >= 15 is 0 Å². The van der Waals surface area contributed by atoms with Crippen molar-refractivity contribution >= 4 is 0 Å². The third-order valence-corrected chi connectivity index (χ3v) is 2.79. The first-order valence-electron chi connectivity index (χ1n) is 4.82. The second-order valence-corrected chi connectivity index (χ2v) is 4.40. The van der Waals surface area contributed by atoms with Crippen molar-refractivity contribution < 1.29 is 9.59 Å². The highest BCUT2D eigenvalue weighted by Gasteiger charge is 2.35. The molecular weight excluding hydrogens is 168 g/mol. The van der Waals surface area contributed by atoms with E-state index in [2.05, 4.69) is 22.2 Å². The van der Waals surface area contributed by atoms with Gasteiger partial charge in [0.2, 0.25) is 0 Å². The summed E-state index contributed by atoms with van der Waals surface area (Å²) in [6, 6.07) is 0. The van der Waals surface area contributed by atoms with Gasteiger partial charge in [-0.05, 0) is 0 Å². The smallest absolute Gasteiger partial charge is 0.138 e. The van der Waals surface area contributed by atoms with Crippen molar-refractivity contribution in [3.8, 4) is 0 Å². The van der Waals surface area contributed by atoms with Crippen molar-refractivity contribution in [2.45, 2.75) is 0 Å². The molecule has 2 rings (SSSR count). The molecule has 2 aliphatic heterocycles. The maximum Gasteiger partial charge on any atom is 0.138 e. The highest BCUT2D eigenvalue weighted by Crippen LogP contribution is 2.15. The molecule has 2 atom stereocenters. The fourth-order valence-corrected chi connectivity index (χ4v) is 2.33. The van der Waals surface area contributed by atoms with Gasteiger partial charge in [-0.1, -0.05) is 0 Å². The van der Waals surface area contributed by atoms with E-state index in [1.165, 1.54) is 0 Å². The zero-order valence-electron chi connectivity index (χ0n) is 8.24. The van der Waals surface area contributed by atoms with Crippen LogP contribution in [0.2, 0.25) is 0 Å². The number of nitrogens with zero attached hydrogens (tertiary/aromatic N) is 3. The first-order valence-corrected chi connectivity index (χ1v) is 4.82. The predicted molar refractivity (Wildman–Crippen MR) is 49.3 cm³/mol. The molecule has 2 unspecified atom stereocenters. The van der Waals surface area contributed by atoms with E-state index in [9.17, 15) is 0 Å². The highest BCUT2D eigenvalue weighted by atomic mass is 16.3. The van der Waals surface area contributed by atoms with Crippen LogP contribution < -0.4 is 5.32 Å². The Morgan fingerprint density at radius 3 is 2.46 bits per heavy atom. The Morgan fingerprint density at radius 1 is 1.31 bits per heavy atom. The number of rotatable bonds is 2. The lowest BCUT2D eigenvalue weighted by molar-refractivity contribution is -0.938. The Kier molecular flexibility index (Phi) is 2.53. The number of hydrogen-bond acceptors (Lipinski definition) is 4. The number of hydrogen-bond donors (Lipinski definition) is 2. The van der Waals surface area contributed by atoms with Crippen LogP contribution in [0.4, 0.5) is 0 Å². The summed E-state index contributed by atoms with van der Waals surface area (Å²) < 4.78 is 0.943. The SMILES string of the molecule is C[N+]1(CCO)CN2CNCN(C2)C1. The molecule has 2 saturated heterocycles. The minimum atomic E-state index is 0.283. The molecule has 0 aliphatic carbocycles. The first-order chi connectivity index (χ1) is 6.22. The lowest BCUT2D eigenvalue weighted by Crippen LogP contribution is -2.69. The van der Waals surface area contributed by atoms with Crippen molar-refractivity contribution in [3.63, 3.8) is 0 Å². The van der Waals surface area contributed by atoms with Gasteiger partial charge in [0.1, 0.15) is 19.9 Å². The number of aliphatic hydroxyl groups excluding tert-OH is 1.